The van der Waals surface area contributed by atoms with Crippen LogP contribution in [-0.2, 0) is 6.61 Å². The molecule has 0 saturated heterocycles. The first-order chi connectivity index (χ1) is 15.3. The van der Waals surface area contributed by atoms with Gasteiger partial charge < -0.3 is 15.2 Å². The Kier molecular flexibility index (Phi) is 7.00. The fourth-order valence-electron chi connectivity index (χ4n) is 2.80. The van der Waals surface area contributed by atoms with Crippen molar-refractivity contribution in [2.45, 2.75) is 20.5 Å². The van der Waals surface area contributed by atoms with E-state index in [9.17, 15) is 14.9 Å². The maximum absolute atomic E-state index is 12.2. The van der Waals surface area contributed by atoms with Gasteiger partial charge in [0, 0.05) is 11.6 Å². The predicted octanol–water partition coefficient (Wildman–Crippen LogP) is 3.60. The number of nitro groups is 1. The number of nitrogens with two attached hydrogens (primary N) is 1. The first-order valence-corrected chi connectivity index (χ1v) is 10.2. The Morgan fingerprint density at radius 1 is 1.31 bits per heavy atom. The molecule has 11 heteroatoms. The van der Waals surface area contributed by atoms with Crippen LogP contribution in [0.4, 0.5) is 10.8 Å². The second-order valence-electron chi connectivity index (χ2n) is 6.77. The summed E-state index contributed by atoms with van der Waals surface area (Å²) in [4.78, 5) is 27.6. The van der Waals surface area contributed by atoms with Crippen molar-refractivity contribution in [3.8, 4) is 11.5 Å². The lowest BCUT2D eigenvalue weighted by Gasteiger charge is -2.12. The number of aromatic nitrogens is 1. The van der Waals surface area contributed by atoms with Gasteiger partial charge in [0.2, 0.25) is 5.75 Å². The highest BCUT2D eigenvalue weighted by molar-refractivity contribution is 7.17. The summed E-state index contributed by atoms with van der Waals surface area (Å²) in [5.41, 5.74) is 10.5. The molecule has 1 amide bonds. The van der Waals surface area contributed by atoms with E-state index in [2.05, 4.69) is 15.5 Å². The molecule has 1 aromatic heterocycles. The average molecular weight is 455 g/mol. The second-order valence-corrected chi connectivity index (χ2v) is 7.80. The number of hydrazone groups is 1. The number of carbonyl (C=O) groups excluding carboxylic acids is 1. The van der Waals surface area contributed by atoms with Crippen LogP contribution in [0, 0.1) is 24.0 Å². The Morgan fingerprint density at radius 3 is 2.62 bits per heavy atom. The summed E-state index contributed by atoms with van der Waals surface area (Å²) in [6.45, 7) is 3.77. The molecule has 0 spiro atoms. The molecule has 166 valence electrons. The highest BCUT2D eigenvalue weighted by atomic mass is 32.1. The van der Waals surface area contributed by atoms with Gasteiger partial charge in [0.15, 0.2) is 10.9 Å². The number of methoxy groups -OCH3 is 1. The molecule has 1 heterocycles. The molecule has 10 nitrogen and oxygen atoms in total. The summed E-state index contributed by atoms with van der Waals surface area (Å²) < 4.78 is 11.0. The van der Waals surface area contributed by atoms with Crippen molar-refractivity contribution in [3.05, 3.63) is 73.8 Å². The number of thiazole rings is 1. The second kappa shape index (κ2) is 9.88. The van der Waals surface area contributed by atoms with Crippen molar-refractivity contribution in [1.29, 1.82) is 0 Å². The molecule has 3 aromatic rings. The summed E-state index contributed by atoms with van der Waals surface area (Å²) in [7, 11) is 1.39. The highest BCUT2D eigenvalue weighted by Crippen LogP contribution is 2.38. The number of ether oxygens (including phenoxy) is 2. The normalized spacial score (nSPS) is 10.8. The minimum absolute atomic E-state index is 0.00928. The largest absolute Gasteiger partial charge is 0.493 e. The van der Waals surface area contributed by atoms with Crippen LogP contribution in [0.3, 0.4) is 0 Å². The number of benzene rings is 2. The van der Waals surface area contributed by atoms with Crippen LogP contribution in [0.15, 0.2) is 41.5 Å². The van der Waals surface area contributed by atoms with Gasteiger partial charge in [0.05, 0.1) is 23.9 Å². The highest BCUT2D eigenvalue weighted by Gasteiger charge is 2.22. The van der Waals surface area contributed by atoms with E-state index in [1.807, 2.05) is 31.2 Å². The fraction of sp³-hybridized carbons (Fsp3) is 0.190. The van der Waals surface area contributed by atoms with E-state index < -0.39 is 10.8 Å². The van der Waals surface area contributed by atoms with Crippen LogP contribution < -0.4 is 20.6 Å². The van der Waals surface area contributed by atoms with E-state index in [1.54, 1.807) is 6.92 Å². The Balaban J connectivity index is 1.80. The van der Waals surface area contributed by atoms with Crippen molar-refractivity contribution >= 4 is 34.3 Å². The quantitative estimate of drug-likeness (QED) is 0.300. The summed E-state index contributed by atoms with van der Waals surface area (Å²) in [6, 6.07) is 10.5. The van der Waals surface area contributed by atoms with Gasteiger partial charge in [-0.05, 0) is 25.5 Å². The van der Waals surface area contributed by atoms with Crippen LogP contribution in [0.5, 0.6) is 11.5 Å². The maximum atomic E-state index is 12.2. The van der Waals surface area contributed by atoms with E-state index in [-0.39, 0.29) is 28.9 Å². The van der Waals surface area contributed by atoms with Gasteiger partial charge in [-0.2, -0.15) is 5.10 Å². The number of anilines is 1. The molecular weight excluding hydrogens is 434 g/mol. The number of aryl methyl sites for hydroxylation is 2. The van der Waals surface area contributed by atoms with Crippen molar-refractivity contribution in [3.63, 3.8) is 0 Å². The van der Waals surface area contributed by atoms with E-state index >= 15 is 0 Å². The lowest BCUT2D eigenvalue weighted by atomic mass is 10.1. The van der Waals surface area contributed by atoms with E-state index in [0.29, 0.717) is 16.1 Å². The molecule has 0 aliphatic heterocycles. The molecule has 0 unspecified atom stereocenters. The lowest BCUT2D eigenvalue weighted by molar-refractivity contribution is -0.386. The first-order valence-electron chi connectivity index (χ1n) is 9.39. The summed E-state index contributed by atoms with van der Waals surface area (Å²) in [6.07, 6.45) is 1.27. The summed E-state index contributed by atoms with van der Waals surface area (Å²) in [5.74, 6) is -0.298. The minimum atomic E-state index is -0.563. The first kappa shape index (κ1) is 22.7. The van der Waals surface area contributed by atoms with Gasteiger partial charge >= 0.3 is 5.69 Å². The summed E-state index contributed by atoms with van der Waals surface area (Å²) in [5, 5.41) is 15.8. The molecule has 0 bridgehead atoms. The maximum Gasteiger partial charge on any atom is 0.315 e. The molecule has 2 aromatic carbocycles. The number of hydrogen-bond acceptors (Lipinski definition) is 9. The van der Waals surface area contributed by atoms with E-state index in [1.165, 1.54) is 25.5 Å². The third-order valence-corrected chi connectivity index (χ3v) is 5.36. The number of amides is 1. The zero-order valence-electron chi connectivity index (χ0n) is 17.6. The topological polar surface area (TPSA) is 142 Å². The van der Waals surface area contributed by atoms with Gasteiger partial charge in [-0.15, -0.1) is 0 Å². The van der Waals surface area contributed by atoms with Crippen molar-refractivity contribution in [2.24, 2.45) is 5.10 Å². The molecule has 0 saturated carbocycles. The van der Waals surface area contributed by atoms with Crippen LogP contribution in [0.25, 0.3) is 0 Å². The minimum Gasteiger partial charge on any atom is -0.493 e. The summed E-state index contributed by atoms with van der Waals surface area (Å²) >= 11 is 1.04. The van der Waals surface area contributed by atoms with E-state index in [4.69, 9.17) is 15.2 Å². The monoisotopic (exact) mass is 455 g/mol. The van der Waals surface area contributed by atoms with Crippen LogP contribution in [-0.4, -0.2) is 29.1 Å². The van der Waals surface area contributed by atoms with Gasteiger partial charge in [0.25, 0.3) is 5.91 Å². The zero-order chi connectivity index (χ0) is 23.3. The van der Waals surface area contributed by atoms with Crippen molar-refractivity contribution < 1.29 is 19.2 Å². The SMILES string of the molecule is COc1cc(/C=N\NC(=O)c2sc(N)nc2C)cc([N+](=O)[O-])c1OCc1ccc(C)cc1. The Morgan fingerprint density at radius 2 is 2.03 bits per heavy atom. The van der Waals surface area contributed by atoms with Crippen molar-refractivity contribution in [1.82, 2.24) is 10.4 Å². The van der Waals surface area contributed by atoms with Crippen LogP contribution >= 0.6 is 11.3 Å². The fourth-order valence-corrected chi connectivity index (χ4v) is 3.52. The van der Waals surface area contributed by atoms with Crippen molar-refractivity contribution in [2.75, 3.05) is 12.8 Å². The molecule has 0 radical (unpaired) electrons. The third-order valence-electron chi connectivity index (χ3n) is 4.38. The molecule has 32 heavy (non-hydrogen) atoms. The third kappa shape index (κ3) is 5.38. The number of nitro benzene ring substituents is 1. The molecular formula is C21H21N5O5S. The molecule has 3 rings (SSSR count). The zero-order valence-corrected chi connectivity index (χ0v) is 18.4. The number of nitrogens with one attached hydrogen (secondary N) is 1. The standard InChI is InChI=1S/C21H21N5O5S/c1-12-4-6-14(7-5-12)11-31-18-16(26(28)29)8-15(9-17(18)30-3)10-23-25-20(27)19-13(2)24-21(22)32-19/h4-10H,11H2,1-3H3,(H2,22,24)(H,25,27)/b23-10-. The van der Waals surface area contributed by atoms with Gasteiger partial charge in [0.1, 0.15) is 11.5 Å². The molecule has 0 fully saturated rings. The molecule has 0 aliphatic carbocycles. The Labute approximate surface area is 187 Å². The number of hydrogen-bond donors (Lipinski definition) is 2. The van der Waals surface area contributed by atoms with Crippen LogP contribution in [0.1, 0.15) is 32.1 Å². The number of nitrogens with zero attached hydrogens (tertiary/aromatic N) is 3. The van der Waals surface area contributed by atoms with Crippen LogP contribution in [0.2, 0.25) is 0 Å². The Bertz CT molecular complexity index is 1170. The lowest BCUT2D eigenvalue weighted by Crippen LogP contribution is -2.17. The van der Waals surface area contributed by atoms with Gasteiger partial charge in [-0.25, -0.2) is 10.4 Å². The van der Waals surface area contributed by atoms with E-state index in [0.717, 1.165) is 22.5 Å². The molecule has 0 atom stereocenters. The molecule has 0 aliphatic rings. The predicted molar refractivity (Wildman–Crippen MR) is 121 cm³/mol. The number of nitrogen functional groups attached to an aromatic ring is 1. The van der Waals surface area contributed by atoms with Gasteiger partial charge in [-0.1, -0.05) is 41.2 Å². The number of rotatable bonds is 8. The number of carbonyl (C=O) groups is 1. The smallest absolute Gasteiger partial charge is 0.315 e. The average Bonchev–Trinajstić information content (AvgIpc) is 3.11. The van der Waals surface area contributed by atoms with Gasteiger partial charge in [-0.3, -0.25) is 14.9 Å². The Hall–Kier alpha value is -3.99. The molecule has 3 N–H and O–H groups in total.